The van der Waals surface area contributed by atoms with Crippen molar-refractivity contribution >= 4 is 5.82 Å². The fraction of sp³-hybridized carbons (Fsp3) is 0.400. The maximum absolute atomic E-state index is 11.2. The van der Waals surface area contributed by atoms with E-state index in [4.69, 9.17) is 5.73 Å². The number of nitrogens with zero attached hydrogens (tertiary/aromatic N) is 5. The minimum atomic E-state index is -0.362. The Balaban J connectivity index is 2.29. The number of hydrogen-bond acceptors (Lipinski definition) is 5. The van der Waals surface area contributed by atoms with Gasteiger partial charge in [0.05, 0.1) is 12.2 Å². The van der Waals surface area contributed by atoms with Crippen molar-refractivity contribution < 1.29 is 0 Å². The van der Waals surface area contributed by atoms with E-state index in [2.05, 4.69) is 15.3 Å². The van der Waals surface area contributed by atoms with Gasteiger partial charge in [0.15, 0.2) is 0 Å². The summed E-state index contributed by atoms with van der Waals surface area (Å²) in [6, 6.07) is 0. The van der Waals surface area contributed by atoms with Crippen LogP contribution in [0.2, 0.25) is 0 Å². The summed E-state index contributed by atoms with van der Waals surface area (Å²) in [5, 5.41) is 7.96. The van der Waals surface area contributed by atoms with Gasteiger partial charge < -0.3 is 10.3 Å². The van der Waals surface area contributed by atoms with Crippen LogP contribution in [0.3, 0.4) is 0 Å². The molecule has 0 aromatic carbocycles. The molecule has 0 aliphatic rings. The van der Waals surface area contributed by atoms with Crippen molar-refractivity contribution in [3.63, 3.8) is 0 Å². The molecule has 2 rings (SSSR count). The Hall–Kier alpha value is -2.18. The molecule has 0 aliphatic heterocycles. The summed E-state index contributed by atoms with van der Waals surface area (Å²) in [6.45, 7) is 2.47. The predicted molar refractivity (Wildman–Crippen MR) is 62.4 cm³/mol. The van der Waals surface area contributed by atoms with Gasteiger partial charge in [-0.05, 0) is 6.42 Å². The van der Waals surface area contributed by atoms with Gasteiger partial charge in [0.1, 0.15) is 5.82 Å². The van der Waals surface area contributed by atoms with Gasteiger partial charge in [-0.1, -0.05) is 12.1 Å². The van der Waals surface area contributed by atoms with Crippen LogP contribution in [0, 0.1) is 0 Å². The lowest BCUT2D eigenvalue weighted by atomic mass is 10.3. The van der Waals surface area contributed by atoms with Gasteiger partial charge in [-0.15, -0.1) is 5.10 Å². The summed E-state index contributed by atoms with van der Waals surface area (Å²) in [4.78, 5) is 15.0. The van der Waals surface area contributed by atoms with E-state index < -0.39 is 0 Å². The standard InChI is InChI=1S/C10H14N6O/c1-3-8-6-16(14-13-8)5-7-4-15(2)10(17)12-9(7)11/h4,6H,3,5H2,1-2H3,(H2,11,12,17). The van der Waals surface area contributed by atoms with E-state index in [9.17, 15) is 4.79 Å². The molecule has 0 bridgehead atoms. The van der Waals surface area contributed by atoms with Gasteiger partial charge in [-0.2, -0.15) is 4.98 Å². The van der Waals surface area contributed by atoms with Crippen molar-refractivity contribution in [3.05, 3.63) is 34.1 Å². The number of aryl methyl sites for hydroxylation is 2. The number of nitrogen functional groups attached to an aromatic ring is 1. The molecule has 0 amide bonds. The lowest BCUT2D eigenvalue weighted by Crippen LogP contribution is -2.23. The minimum absolute atomic E-state index is 0.238. The molecule has 0 saturated heterocycles. The van der Waals surface area contributed by atoms with Crippen molar-refractivity contribution in [3.8, 4) is 0 Å². The summed E-state index contributed by atoms with van der Waals surface area (Å²) in [6.07, 6.45) is 4.35. The smallest absolute Gasteiger partial charge is 0.349 e. The normalized spacial score (nSPS) is 10.7. The first kappa shape index (κ1) is 11.3. The Bertz CT molecular complexity index is 585. The third-order valence-electron chi connectivity index (χ3n) is 2.48. The fourth-order valence-corrected chi connectivity index (χ4v) is 1.48. The van der Waals surface area contributed by atoms with Gasteiger partial charge in [-0.3, -0.25) is 0 Å². The molecular formula is C10H14N6O. The molecular weight excluding hydrogens is 220 g/mol. The second-order valence-electron chi connectivity index (χ2n) is 3.81. The topological polar surface area (TPSA) is 91.6 Å². The number of aromatic nitrogens is 5. The van der Waals surface area contributed by atoms with E-state index in [0.29, 0.717) is 6.54 Å². The predicted octanol–water partition coefficient (Wildman–Crippen LogP) is -0.435. The van der Waals surface area contributed by atoms with Gasteiger partial charge in [-0.25, -0.2) is 9.48 Å². The summed E-state index contributed by atoms with van der Waals surface area (Å²) >= 11 is 0. The Morgan fingerprint density at radius 1 is 1.41 bits per heavy atom. The average molecular weight is 234 g/mol. The van der Waals surface area contributed by atoms with E-state index >= 15 is 0 Å². The molecule has 90 valence electrons. The van der Waals surface area contributed by atoms with Gasteiger partial charge in [0.25, 0.3) is 0 Å². The van der Waals surface area contributed by atoms with Gasteiger partial charge in [0.2, 0.25) is 0 Å². The van der Waals surface area contributed by atoms with Crippen LogP contribution in [0.15, 0.2) is 17.2 Å². The van der Waals surface area contributed by atoms with E-state index in [1.807, 2.05) is 13.1 Å². The van der Waals surface area contributed by atoms with E-state index in [1.165, 1.54) is 4.57 Å². The molecule has 7 nitrogen and oxygen atoms in total. The molecule has 2 aromatic rings. The zero-order valence-electron chi connectivity index (χ0n) is 9.79. The minimum Gasteiger partial charge on any atom is -0.383 e. The second kappa shape index (κ2) is 4.36. The van der Waals surface area contributed by atoms with Crippen LogP contribution in [0.1, 0.15) is 18.2 Å². The number of nitrogens with two attached hydrogens (primary N) is 1. The van der Waals surface area contributed by atoms with Crippen LogP contribution < -0.4 is 11.4 Å². The summed E-state index contributed by atoms with van der Waals surface area (Å²) in [5.41, 5.74) is 7.00. The SMILES string of the molecule is CCc1cn(Cc2cn(C)c(=O)nc2N)nn1. The van der Waals surface area contributed by atoms with Gasteiger partial charge >= 0.3 is 5.69 Å². The molecule has 2 N–H and O–H groups in total. The monoisotopic (exact) mass is 234 g/mol. The van der Waals surface area contributed by atoms with E-state index in [-0.39, 0.29) is 11.5 Å². The molecule has 7 heteroatoms. The molecule has 0 fully saturated rings. The highest BCUT2D eigenvalue weighted by atomic mass is 16.1. The lowest BCUT2D eigenvalue weighted by Gasteiger charge is -2.05. The summed E-state index contributed by atoms with van der Waals surface area (Å²) < 4.78 is 3.07. The Kier molecular flexibility index (Phi) is 2.90. The molecule has 0 unspecified atom stereocenters. The largest absolute Gasteiger partial charge is 0.383 e. The molecule has 0 atom stereocenters. The average Bonchev–Trinajstić information content (AvgIpc) is 2.73. The zero-order chi connectivity index (χ0) is 12.4. The van der Waals surface area contributed by atoms with Crippen molar-refractivity contribution in [2.24, 2.45) is 7.05 Å². The van der Waals surface area contributed by atoms with Crippen molar-refractivity contribution in [1.82, 2.24) is 24.5 Å². The van der Waals surface area contributed by atoms with Crippen LogP contribution in [0.4, 0.5) is 5.82 Å². The van der Waals surface area contributed by atoms with Crippen molar-refractivity contribution in [1.29, 1.82) is 0 Å². The van der Waals surface area contributed by atoms with E-state index in [0.717, 1.165) is 17.7 Å². The maximum atomic E-state index is 11.2. The highest BCUT2D eigenvalue weighted by Gasteiger charge is 2.06. The third kappa shape index (κ3) is 2.32. The first-order chi connectivity index (χ1) is 8.10. The molecule has 2 heterocycles. The summed E-state index contributed by atoms with van der Waals surface area (Å²) in [7, 11) is 1.64. The third-order valence-corrected chi connectivity index (χ3v) is 2.48. The van der Waals surface area contributed by atoms with Gasteiger partial charge in [0, 0.05) is 25.0 Å². The molecule has 2 aromatic heterocycles. The Morgan fingerprint density at radius 2 is 2.18 bits per heavy atom. The summed E-state index contributed by atoms with van der Waals surface area (Å²) in [5.74, 6) is 0.238. The van der Waals surface area contributed by atoms with Crippen LogP contribution in [-0.2, 0) is 20.0 Å². The highest BCUT2D eigenvalue weighted by molar-refractivity contribution is 5.36. The van der Waals surface area contributed by atoms with Crippen LogP contribution in [0.5, 0.6) is 0 Å². The maximum Gasteiger partial charge on any atom is 0.349 e. The first-order valence-electron chi connectivity index (χ1n) is 5.31. The second-order valence-corrected chi connectivity index (χ2v) is 3.81. The van der Waals surface area contributed by atoms with Crippen molar-refractivity contribution in [2.75, 3.05) is 5.73 Å². The fourth-order valence-electron chi connectivity index (χ4n) is 1.48. The molecule has 17 heavy (non-hydrogen) atoms. The van der Waals surface area contributed by atoms with Crippen LogP contribution in [-0.4, -0.2) is 24.5 Å². The highest BCUT2D eigenvalue weighted by Crippen LogP contribution is 2.07. The molecule has 0 saturated carbocycles. The Labute approximate surface area is 97.9 Å². The van der Waals surface area contributed by atoms with Crippen LogP contribution >= 0.6 is 0 Å². The lowest BCUT2D eigenvalue weighted by molar-refractivity contribution is 0.640. The number of hydrogen-bond donors (Lipinski definition) is 1. The molecule has 0 spiro atoms. The molecule has 0 radical (unpaired) electrons. The first-order valence-corrected chi connectivity index (χ1v) is 5.31. The quantitative estimate of drug-likeness (QED) is 0.777. The zero-order valence-corrected chi connectivity index (χ0v) is 9.79. The molecule has 0 aliphatic carbocycles. The number of anilines is 1. The number of rotatable bonds is 3. The Morgan fingerprint density at radius 3 is 2.82 bits per heavy atom. The van der Waals surface area contributed by atoms with E-state index in [1.54, 1.807) is 17.9 Å². The van der Waals surface area contributed by atoms with Crippen molar-refractivity contribution in [2.45, 2.75) is 19.9 Å². The van der Waals surface area contributed by atoms with Crippen LogP contribution in [0.25, 0.3) is 0 Å².